The van der Waals surface area contributed by atoms with Crippen LogP contribution in [0.15, 0.2) is 78.4 Å². The quantitative estimate of drug-likeness (QED) is 0.128. The van der Waals surface area contributed by atoms with Crippen LogP contribution < -0.4 is 10.1 Å². The van der Waals surface area contributed by atoms with Crippen LogP contribution in [0, 0.1) is 32.3 Å². The number of hydrogen-bond acceptors (Lipinski definition) is 3. The number of aryl methyl sites for hydroxylation is 2. The van der Waals surface area contributed by atoms with Crippen molar-refractivity contribution in [1.82, 2.24) is 0 Å². The molecule has 0 aliphatic heterocycles. The van der Waals surface area contributed by atoms with Crippen LogP contribution in [0.2, 0.25) is 0 Å². The van der Waals surface area contributed by atoms with Gasteiger partial charge in [0.25, 0.3) is 5.91 Å². The van der Waals surface area contributed by atoms with E-state index in [1.54, 1.807) is 6.08 Å². The number of benzene rings is 4. The molecule has 0 aromatic heterocycles. The monoisotopic (exact) mass is 684 g/mol. The van der Waals surface area contributed by atoms with E-state index >= 15 is 0 Å². The fourth-order valence-electron chi connectivity index (χ4n) is 3.66. The highest BCUT2D eigenvalue weighted by Crippen LogP contribution is 2.31. The summed E-state index contributed by atoms with van der Waals surface area (Å²) in [4.78, 5) is 12.8. The first-order valence-corrected chi connectivity index (χ1v) is 13.1. The maximum atomic E-state index is 12.8. The van der Waals surface area contributed by atoms with E-state index in [2.05, 4.69) is 80.8 Å². The lowest BCUT2D eigenvalue weighted by molar-refractivity contribution is -0.112. The number of halogens is 2. The molecule has 0 radical (unpaired) electrons. The van der Waals surface area contributed by atoms with Gasteiger partial charge in [0.2, 0.25) is 0 Å². The van der Waals surface area contributed by atoms with E-state index in [0.29, 0.717) is 12.3 Å². The number of carbonyl (C=O) groups is 1. The average molecular weight is 684 g/mol. The topological polar surface area (TPSA) is 62.1 Å². The molecule has 0 aliphatic rings. The van der Waals surface area contributed by atoms with Crippen molar-refractivity contribution < 1.29 is 9.53 Å². The molecule has 6 heteroatoms. The van der Waals surface area contributed by atoms with E-state index < -0.39 is 5.91 Å². The predicted octanol–water partition coefficient (Wildman–Crippen LogP) is 7.79. The Bertz CT molecular complexity index is 1480. The van der Waals surface area contributed by atoms with Gasteiger partial charge in [-0.3, -0.25) is 4.79 Å². The molecule has 0 heterocycles. The van der Waals surface area contributed by atoms with Gasteiger partial charge in [-0.05, 0) is 122 Å². The minimum Gasteiger partial charge on any atom is -0.487 e. The highest BCUT2D eigenvalue weighted by atomic mass is 127. The largest absolute Gasteiger partial charge is 0.487 e. The third-order valence-corrected chi connectivity index (χ3v) is 7.14. The molecule has 1 amide bonds. The first kappa shape index (κ1) is 25.2. The summed E-state index contributed by atoms with van der Waals surface area (Å²) in [5.41, 5.74) is 4.59. The third kappa shape index (κ3) is 6.21. The number of rotatable bonds is 6. The molecule has 0 spiro atoms. The lowest BCUT2D eigenvalue weighted by atomic mass is 10.1. The number of nitrogens with one attached hydrogen (secondary N) is 1. The second-order valence-corrected chi connectivity index (χ2v) is 10.6. The number of nitrogens with zero attached hydrogens (tertiary/aromatic N) is 1. The van der Waals surface area contributed by atoms with Crippen molar-refractivity contribution in [3.05, 3.63) is 108 Å². The fraction of sp³-hybridized carbons (Fsp3) is 0.103. The molecular weight excluding hydrogens is 662 g/mol. The van der Waals surface area contributed by atoms with Crippen LogP contribution in [0.4, 0.5) is 5.69 Å². The molecule has 0 saturated heterocycles. The minimum absolute atomic E-state index is 0.0438. The zero-order valence-electron chi connectivity index (χ0n) is 19.2. The van der Waals surface area contributed by atoms with Crippen molar-refractivity contribution in [2.45, 2.75) is 20.5 Å². The summed E-state index contributed by atoms with van der Waals surface area (Å²) in [6.07, 6.45) is 1.61. The summed E-state index contributed by atoms with van der Waals surface area (Å²) in [7, 11) is 0. The van der Waals surface area contributed by atoms with Gasteiger partial charge < -0.3 is 10.1 Å². The number of hydrogen-bond donors (Lipinski definition) is 1. The summed E-state index contributed by atoms with van der Waals surface area (Å²) < 4.78 is 7.98. The first-order chi connectivity index (χ1) is 16.8. The van der Waals surface area contributed by atoms with E-state index in [-0.39, 0.29) is 5.57 Å². The highest BCUT2D eigenvalue weighted by Gasteiger charge is 2.14. The zero-order chi connectivity index (χ0) is 24.9. The fourth-order valence-corrected chi connectivity index (χ4v) is 5.79. The Labute approximate surface area is 232 Å². The van der Waals surface area contributed by atoms with Gasteiger partial charge >= 0.3 is 0 Å². The number of ether oxygens (including phenoxy) is 1. The van der Waals surface area contributed by atoms with Crippen molar-refractivity contribution >= 4 is 73.6 Å². The van der Waals surface area contributed by atoms with E-state index in [1.807, 2.05) is 62.4 Å². The molecule has 0 saturated carbocycles. The Morgan fingerprint density at radius 2 is 1.69 bits per heavy atom. The normalized spacial score (nSPS) is 11.2. The van der Waals surface area contributed by atoms with Crippen LogP contribution >= 0.6 is 45.2 Å². The average Bonchev–Trinajstić information content (AvgIpc) is 2.84. The van der Waals surface area contributed by atoms with Crippen LogP contribution in [0.3, 0.4) is 0 Å². The number of carbonyl (C=O) groups excluding carboxylic acids is 1. The molecule has 4 nitrogen and oxygen atoms in total. The van der Waals surface area contributed by atoms with Crippen LogP contribution in [-0.2, 0) is 11.4 Å². The van der Waals surface area contributed by atoms with Gasteiger partial charge in [0.15, 0.2) is 0 Å². The molecule has 4 aromatic rings. The maximum absolute atomic E-state index is 12.8. The SMILES string of the molecule is Cc1ccc(C)c(NC(=O)/C(C#N)=C/c2cc(I)c(OCc3ccc4ccccc4c3)c(I)c2)c1. The van der Waals surface area contributed by atoms with Gasteiger partial charge in [0.05, 0.1) is 7.14 Å². The smallest absolute Gasteiger partial charge is 0.266 e. The Balaban J connectivity index is 1.51. The van der Waals surface area contributed by atoms with Gasteiger partial charge in [0, 0.05) is 5.69 Å². The summed E-state index contributed by atoms with van der Waals surface area (Å²) in [5.74, 6) is 0.359. The molecule has 4 aromatic carbocycles. The van der Waals surface area contributed by atoms with E-state index in [0.717, 1.165) is 35.1 Å². The van der Waals surface area contributed by atoms with Crippen molar-refractivity contribution in [3.63, 3.8) is 0 Å². The predicted molar refractivity (Wildman–Crippen MR) is 158 cm³/mol. The van der Waals surface area contributed by atoms with Gasteiger partial charge in [0.1, 0.15) is 24.0 Å². The highest BCUT2D eigenvalue weighted by molar-refractivity contribution is 14.1. The Hall–Kier alpha value is -2.90. The third-order valence-electron chi connectivity index (χ3n) is 5.54. The molecule has 0 fully saturated rings. The van der Waals surface area contributed by atoms with Crippen LogP contribution in [-0.4, -0.2) is 5.91 Å². The zero-order valence-corrected chi connectivity index (χ0v) is 23.5. The Morgan fingerprint density at radius 3 is 2.40 bits per heavy atom. The van der Waals surface area contributed by atoms with Crippen LogP contribution in [0.5, 0.6) is 5.75 Å². The van der Waals surface area contributed by atoms with Crippen molar-refractivity contribution in [3.8, 4) is 11.8 Å². The van der Waals surface area contributed by atoms with E-state index in [4.69, 9.17) is 4.74 Å². The molecule has 0 aliphatic carbocycles. The van der Waals surface area contributed by atoms with Gasteiger partial charge in [-0.1, -0.05) is 48.5 Å². The van der Waals surface area contributed by atoms with Gasteiger partial charge in [-0.15, -0.1) is 0 Å². The lowest BCUT2D eigenvalue weighted by Gasteiger charge is -2.12. The Kier molecular flexibility index (Phi) is 8.08. The van der Waals surface area contributed by atoms with Crippen molar-refractivity contribution in [1.29, 1.82) is 5.26 Å². The van der Waals surface area contributed by atoms with E-state index in [9.17, 15) is 10.1 Å². The minimum atomic E-state index is -0.428. The number of nitriles is 1. The van der Waals surface area contributed by atoms with Crippen LogP contribution in [0.1, 0.15) is 22.3 Å². The summed E-state index contributed by atoms with van der Waals surface area (Å²) >= 11 is 4.46. The summed E-state index contributed by atoms with van der Waals surface area (Å²) in [6, 6.07) is 26.3. The van der Waals surface area contributed by atoms with Gasteiger partial charge in [-0.25, -0.2) is 0 Å². The van der Waals surface area contributed by atoms with Crippen molar-refractivity contribution in [2.75, 3.05) is 5.32 Å². The standard InChI is InChI=1S/C29H22I2N2O2/c1-18-7-8-19(2)27(11-18)33-29(34)24(16-32)13-21-14-25(30)28(26(31)15-21)35-17-20-9-10-22-5-3-4-6-23(22)12-20/h3-15H,17H2,1-2H3,(H,33,34)/b24-13+. The number of anilines is 1. The molecule has 1 N–H and O–H groups in total. The molecular formula is C29H22I2N2O2. The molecule has 4 rings (SSSR count). The van der Waals surface area contributed by atoms with Gasteiger partial charge in [-0.2, -0.15) is 5.26 Å². The molecule has 35 heavy (non-hydrogen) atoms. The lowest BCUT2D eigenvalue weighted by Crippen LogP contribution is -2.14. The summed E-state index contributed by atoms with van der Waals surface area (Å²) in [6.45, 7) is 4.34. The number of amides is 1. The molecule has 0 unspecified atom stereocenters. The first-order valence-electron chi connectivity index (χ1n) is 10.9. The number of fused-ring (bicyclic) bond motifs is 1. The van der Waals surface area contributed by atoms with Crippen molar-refractivity contribution in [2.24, 2.45) is 0 Å². The van der Waals surface area contributed by atoms with Crippen LogP contribution in [0.25, 0.3) is 16.8 Å². The summed E-state index contributed by atoms with van der Waals surface area (Å²) in [5, 5.41) is 14.9. The molecule has 0 atom stereocenters. The Morgan fingerprint density at radius 1 is 0.971 bits per heavy atom. The molecule has 174 valence electrons. The molecule has 0 bridgehead atoms. The second-order valence-electron chi connectivity index (χ2n) is 8.23. The second kappa shape index (κ2) is 11.2. The maximum Gasteiger partial charge on any atom is 0.266 e. The van der Waals surface area contributed by atoms with E-state index in [1.165, 1.54) is 10.8 Å².